The van der Waals surface area contributed by atoms with Crippen molar-refractivity contribution >= 4 is 11.7 Å². The highest BCUT2D eigenvalue weighted by molar-refractivity contribution is 5.92. The Balaban J connectivity index is 2.31. The van der Waals surface area contributed by atoms with Crippen molar-refractivity contribution in [2.75, 3.05) is 5.32 Å². The number of nitrogens with zero attached hydrogens (tertiary/aromatic N) is 2. The first-order chi connectivity index (χ1) is 6.68. The lowest BCUT2D eigenvalue weighted by Crippen LogP contribution is -2.42. The van der Waals surface area contributed by atoms with E-state index in [-0.39, 0.29) is 12.1 Å². The highest BCUT2D eigenvalue weighted by Crippen LogP contribution is 2.22. The van der Waals surface area contributed by atoms with E-state index in [1.54, 1.807) is 17.3 Å². The highest BCUT2D eigenvalue weighted by Gasteiger charge is 2.23. The van der Waals surface area contributed by atoms with Crippen molar-refractivity contribution in [3.05, 3.63) is 24.0 Å². The molecule has 1 N–H and O–H groups in total. The van der Waals surface area contributed by atoms with Gasteiger partial charge >= 0.3 is 6.03 Å². The zero-order chi connectivity index (χ0) is 10.1. The zero-order valence-electron chi connectivity index (χ0n) is 8.32. The molecule has 0 aromatic carbocycles. The summed E-state index contributed by atoms with van der Waals surface area (Å²) in [7, 11) is 0. The minimum absolute atomic E-state index is 0.0290. The lowest BCUT2D eigenvalue weighted by atomic mass is 10.1. The maximum atomic E-state index is 11.6. The third-order valence-corrected chi connectivity index (χ3v) is 2.37. The number of pyridine rings is 1. The molecule has 0 bridgehead atoms. The summed E-state index contributed by atoms with van der Waals surface area (Å²) in [6, 6.07) is 2.01. The van der Waals surface area contributed by atoms with Gasteiger partial charge in [-0.25, -0.2) is 4.79 Å². The van der Waals surface area contributed by atoms with Gasteiger partial charge in [-0.3, -0.25) is 4.98 Å². The van der Waals surface area contributed by atoms with Crippen molar-refractivity contribution in [2.45, 2.75) is 26.4 Å². The Bertz CT molecular complexity index is 362. The number of carbonyl (C=O) groups excluding carboxylic acids is 1. The summed E-state index contributed by atoms with van der Waals surface area (Å²) in [6.07, 6.45) is 3.48. The summed E-state index contributed by atoms with van der Waals surface area (Å²) in [6.45, 7) is 4.65. The lowest BCUT2D eigenvalue weighted by Gasteiger charge is -2.31. The highest BCUT2D eigenvalue weighted by atomic mass is 16.2. The van der Waals surface area contributed by atoms with Gasteiger partial charge in [-0.15, -0.1) is 0 Å². The van der Waals surface area contributed by atoms with Crippen LogP contribution in [0, 0.1) is 0 Å². The van der Waals surface area contributed by atoms with Crippen LogP contribution in [0.5, 0.6) is 0 Å². The van der Waals surface area contributed by atoms with E-state index in [4.69, 9.17) is 0 Å². The zero-order valence-corrected chi connectivity index (χ0v) is 8.32. The number of rotatable bonds is 1. The second kappa shape index (κ2) is 3.29. The molecule has 14 heavy (non-hydrogen) atoms. The number of aromatic nitrogens is 1. The monoisotopic (exact) mass is 191 g/mol. The lowest BCUT2D eigenvalue weighted by molar-refractivity contribution is 0.191. The third kappa shape index (κ3) is 1.43. The van der Waals surface area contributed by atoms with E-state index in [1.165, 1.54) is 0 Å². The number of carbonyl (C=O) groups is 1. The Labute approximate surface area is 82.9 Å². The molecule has 0 spiro atoms. The fourth-order valence-electron chi connectivity index (χ4n) is 1.53. The molecule has 1 aromatic heterocycles. The smallest absolute Gasteiger partial charge is 0.318 e. The van der Waals surface area contributed by atoms with E-state index in [0.717, 1.165) is 11.3 Å². The van der Waals surface area contributed by atoms with Gasteiger partial charge in [0.2, 0.25) is 0 Å². The Morgan fingerprint density at radius 1 is 1.57 bits per heavy atom. The molecular weight excluding hydrogens is 178 g/mol. The van der Waals surface area contributed by atoms with Crippen LogP contribution in [-0.4, -0.2) is 22.0 Å². The third-order valence-electron chi connectivity index (χ3n) is 2.37. The van der Waals surface area contributed by atoms with E-state index in [0.29, 0.717) is 6.54 Å². The van der Waals surface area contributed by atoms with Crippen LogP contribution in [0.25, 0.3) is 0 Å². The minimum atomic E-state index is -0.0290. The summed E-state index contributed by atoms with van der Waals surface area (Å²) < 4.78 is 0. The van der Waals surface area contributed by atoms with Gasteiger partial charge in [0, 0.05) is 24.0 Å². The van der Waals surface area contributed by atoms with Gasteiger partial charge in [0.15, 0.2) is 0 Å². The molecule has 0 fully saturated rings. The minimum Gasteiger partial charge on any atom is -0.318 e. The summed E-state index contributed by atoms with van der Waals surface area (Å²) in [5.74, 6) is 0. The molecule has 0 aliphatic carbocycles. The number of hydrogen-bond acceptors (Lipinski definition) is 2. The van der Waals surface area contributed by atoms with Crippen LogP contribution in [0.2, 0.25) is 0 Å². The number of hydrogen-bond donors (Lipinski definition) is 1. The fourth-order valence-corrected chi connectivity index (χ4v) is 1.53. The number of amides is 2. The van der Waals surface area contributed by atoms with Gasteiger partial charge in [-0.05, 0) is 19.9 Å². The number of urea groups is 1. The predicted molar refractivity (Wildman–Crippen MR) is 53.9 cm³/mol. The molecular formula is C10H13N3O. The molecule has 0 unspecified atom stereocenters. The second-order valence-electron chi connectivity index (χ2n) is 3.68. The molecule has 2 rings (SSSR count). The Kier molecular flexibility index (Phi) is 2.11. The van der Waals surface area contributed by atoms with Crippen molar-refractivity contribution in [3.63, 3.8) is 0 Å². The van der Waals surface area contributed by atoms with Gasteiger partial charge in [-0.2, -0.15) is 0 Å². The van der Waals surface area contributed by atoms with Crippen molar-refractivity contribution in [2.24, 2.45) is 0 Å². The fraction of sp³-hybridized carbons (Fsp3) is 0.400. The van der Waals surface area contributed by atoms with Crippen LogP contribution in [0.1, 0.15) is 19.4 Å². The van der Waals surface area contributed by atoms with E-state index >= 15 is 0 Å². The topological polar surface area (TPSA) is 45.2 Å². The molecule has 0 saturated heterocycles. The van der Waals surface area contributed by atoms with E-state index < -0.39 is 0 Å². The van der Waals surface area contributed by atoms with Crippen LogP contribution in [0.4, 0.5) is 10.5 Å². The van der Waals surface area contributed by atoms with Crippen LogP contribution >= 0.6 is 0 Å². The second-order valence-corrected chi connectivity index (χ2v) is 3.68. The molecule has 74 valence electrons. The average molecular weight is 191 g/mol. The summed E-state index contributed by atoms with van der Waals surface area (Å²) in [5.41, 5.74) is 1.95. The first-order valence-electron chi connectivity index (χ1n) is 4.69. The van der Waals surface area contributed by atoms with Crippen molar-refractivity contribution in [1.29, 1.82) is 0 Å². The van der Waals surface area contributed by atoms with Gasteiger partial charge in [0.1, 0.15) is 0 Å². The standard InChI is InChI=1S/C10H13N3O/c1-7(2)13-6-8-5-11-4-3-9(8)12-10(13)14/h3-5,7H,6H2,1-2H3,(H,12,14). The SMILES string of the molecule is CC(C)N1Cc2cnccc2NC1=O. The summed E-state index contributed by atoms with van der Waals surface area (Å²) >= 11 is 0. The summed E-state index contributed by atoms with van der Waals surface area (Å²) in [5, 5.41) is 2.84. The average Bonchev–Trinajstić information content (AvgIpc) is 2.16. The summed E-state index contributed by atoms with van der Waals surface area (Å²) in [4.78, 5) is 17.4. The van der Waals surface area contributed by atoms with Gasteiger partial charge in [-0.1, -0.05) is 0 Å². The molecule has 2 amide bonds. The van der Waals surface area contributed by atoms with Crippen LogP contribution in [0.3, 0.4) is 0 Å². The van der Waals surface area contributed by atoms with Gasteiger partial charge < -0.3 is 10.2 Å². The van der Waals surface area contributed by atoms with E-state index in [9.17, 15) is 4.79 Å². The van der Waals surface area contributed by atoms with Crippen LogP contribution in [-0.2, 0) is 6.54 Å². The molecule has 2 heterocycles. The van der Waals surface area contributed by atoms with Crippen molar-refractivity contribution in [1.82, 2.24) is 9.88 Å². The Morgan fingerprint density at radius 2 is 2.36 bits per heavy atom. The quantitative estimate of drug-likeness (QED) is 0.736. The Hall–Kier alpha value is -1.58. The number of fused-ring (bicyclic) bond motifs is 1. The molecule has 0 atom stereocenters. The first-order valence-corrected chi connectivity index (χ1v) is 4.69. The maximum absolute atomic E-state index is 11.6. The number of nitrogens with one attached hydrogen (secondary N) is 1. The first kappa shape index (κ1) is 8.99. The van der Waals surface area contributed by atoms with Crippen LogP contribution < -0.4 is 5.32 Å². The maximum Gasteiger partial charge on any atom is 0.322 e. The molecule has 1 aliphatic heterocycles. The molecule has 0 radical (unpaired) electrons. The van der Waals surface area contributed by atoms with Crippen LogP contribution in [0.15, 0.2) is 18.5 Å². The Morgan fingerprint density at radius 3 is 3.07 bits per heavy atom. The van der Waals surface area contributed by atoms with Gasteiger partial charge in [0.25, 0.3) is 0 Å². The molecule has 1 aromatic rings. The molecule has 4 nitrogen and oxygen atoms in total. The predicted octanol–water partition coefficient (Wildman–Crippen LogP) is 1.84. The van der Waals surface area contributed by atoms with Crippen molar-refractivity contribution < 1.29 is 4.79 Å². The largest absolute Gasteiger partial charge is 0.322 e. The number of anilines is 1. The van der Waals surface area contributed by atoms with Gasteiger partial charge in [0.05, 0.1) is 12.2 Å². The molecule has 0 saturated carbocycles. The van der Waals surface area contributed by atoms with E-state index in [2.05, 4.69) is 10.3 Å². The van der Waals surface area contributed by atoms with Crippen molar-refractivity contribution in [3.8, 4) is 0 Å². The van der Waals surface area contributed by atoms with E-state index in [1.807, 2.05) is 19.9 Å². The molecule has 1 aliphatic rings. The molecule has 4 heteroatoms. The normalized spacial score (nSPS) is 15.4.